The molecule has 20 heavy (non-hydrogen) atoms. The molecular formula is C13H19N2O3PS. The van der Waals surface area contributed by atoms with E-state index in [4.69, 9.17) is 5.21 Å². The van der Waals surface area contributed by atoms with Crippen LogP contribution >= 0.6 is 19.9 Å². The van der Waals surface area contributed by atoms with E-state index in [9.17, 15) is 9.69 Å². The number of amides is 1. The van der Waals surface area contributed by atoms with Crippen LogP contribution in [0.4, 0.5) is 0 Å². The smallest absolute Gasteiger partial charge is 0.229 e. The fourth-order valence-corrected chi connectivity index (χ4v) is 3.24. The Labute approximate surface area is 124 Å². The SMILES string of the molecule is CC(=O)N(CCc1ccccc1)SCCC[P+]([O-])=NO. The normalized spacial score (nSPS) is 11.4. The lowest BCUT2D eigenvalue weighted by Gasteiger charge is -2.19. The van der Waals surface area contributed by atoms with Crippen LogP contribution in [0.25, 0.3) is 0 Å². The number of hydrogen-bond acceptors (Lipinski definition) is 4. The van der Waals surface area contributed by atoms with Gasteiger partial charge in [0.1, 0.15) is 6.16 Å². The second kappa shape index (κ2) is 9.88. The van der Waals surface area contributed by atoms with Crippen molar-refractivity contribution in [2.45, 2.75) is 19.8 Å². The van der Waals surface area contributed by atoms with Gasteiger partial charge >= 0.3 is 0 Å². The highest BCUT2D eigenvalue weighted by atomic mass is 32.2. The monoisotopic (exact) mass is 314 g/mol. The van der Waals surface area contributed by atoms with Crippen LogP contribution < -0.4 is 4.89 Å². The zero-order chi connectivity index (χ0) is 14.8. The molecule has 0 saturated carbocycles. The quantitative estimate of drug-likeness (QED) is 0.346. The molecule has 1 amide bonds. The minimum atomic E-state index is -1.85. The third-order valence-corrected chi connectivity index (χ3v) is 4.76. The van der Waals surface area contributed by atoms with Gasteiger partial charge in [-0.1, -0.05) is 30.3 Å². The molecule has 0 saturated heterocycles. The van der Waals surface area contributed by atoms with Crippen molar-refractivity contribution >= 4 is 25.8 Å². The van der Waals surface area contributed by atoms with Gasteiger partial charge in [0.15, 0.2) is 0 Å². The van der Waals surface area contributed by atoms with E-state index in [-0.39, 0.29) is 5.91 Å². The fourth-order valence-electron chi connectivity index (χ4n) is 1.61. The predicted octanol–water partition coefficient (Wildman–Crippen LogP) is 2.45. The summed E-state index contributed by atoms with van der Waals surface area (Å²) in [6.07, 6.45) is 1.82. The highest BCUT2D eigenvalue weighted by molar-refractivity contribution is 7.97. The summed E-state index contributed by atoms with van der Waals surface area (Å²) in [6, 6.07) is 10.0. The summed E-state index contributed by atoms with van der Waals surface area (Å²) in [5.74, 6) is 0.701. The first kappa shape index (κ1) is 17.1. The van der Waals surface area contributed by atoms with Crippen LogP contribution in [0.5, 0.6) is 0 Å². The number of rotatable bonds is 8. The fraction of sp³-hybridized carbons (Fsp3) is 0.462. The van der Waals surface area contributed by atoms with E-state index in [1.165, 1.54) is 17.5 Å². The summed E-state index contributed by atoms with van der Waals surface area (Å²) < 4.78 is 1.72. The maximum absolute atomic E-state index is 11.5. The topological polar surface area (TPSA) is 76.0 Å². The summed E-state index contributed by atoms with van der Waals surface area (Å²) in [6.45, 7) is 2.20. The molecule has 0 fully saturated rings. The van der Waals surface area contributed by atoms with E-state index in [1.54, 1.807) is 11.2 Å². The van der Waals surface area contributed by atoms with Crippen molar-refractivity contribution in [2.24, 2.45) is 4.91 Å². The van der Waals surface area contributed by atoms with Crippen LogP contribution in [0.3, 0.4) is 0 Å². The lowest BCUT2D eigenvalue weighted by Crippen LogP contribution is -2.24. The number of carbonyl (C=O) groups is 1. The Balaban J connectivity index is 2.32. The van der Waals surface area contributed by atoms with Gasteiger partial charge in [0.25, 0.3) is 0 Å². The second-order valence-electron chi connectivity index (χ2n) is 4.21. The lowest BCUT2D eigenvalue weighted by atomic mass is 10.1. The molecule has 0 bridgehead atoms. The Hall–Kier alpha value is -0.940. The molecular weight excluding hydrogens is 295 g/mol. The molecule has 110 valence electrons. The maximum Gasteiger partial charge on any atom is 0.229 e. The molecule has 0 aliphatic heterocycles. The van der Waals surface area contributed by atoms with Crippen molar-refractivity contribution in [3.05, 3.63) is 35.9 Å². The van der Waals surface area contributed by atoms with Gasteiger partial charge in [-0.3, -0.25) is 9.10 Å². The lowest BCUT2D eigenvalue weighted by molar-refractivity contribution is -0.157. The van der Waals surface area contributed by atoms with Gasteiger partial charge in [-0.15, -0.1) is 0 Å². The number of hydrogen-bond donors (Lipinski definition) is 1. The van der Waals surface area contributed by atoms with Gasteiger partial charge in [-0.25, -0.2) is 5.21 Å². The molecule has 7 heteroatoms. The molecule has 1 atom stereocenters. The molecule has 0 spiro atoms. The minimum absolute atomic E-state index is 0.0159. The Morgan fingerprint density at radius 3 is 2.75 bits per heavy atom. The second-order valence-corrected chi connectivity index (χ2v) is 6.65. The van der Waals surface area contributed by atoms with Gasteiger partial charge in [0, 0.05) is 30.6 Å². The Morgan fingerprint density at radius 1 is 1.45 bits per heavy atom. The van der Waals surface area contributed by atoms with E-state index in [0.717, 1.165) is 6.42 Å². The van der Waals surface area contributed by atoms with Gasteiger partial charge in [0.05, 0.1) is 0 Å². The largest absolute Gasteiger partial charge is 0.610 e. The van der Waals surface area contributed by atoms with E-state index < -0.39 is 7.94 Å². The molecule has 0 aromatic heterocycles. The van der Waals surface area contributed by atoms with Crippen LogP contribution in [-0.4, -0.2) is 33.9 Å². The summed E-state index contributed by atoms with van der Waals surface area (Å²) in [4.78, 5) is 25.2. The standard InChI is InChI=1S/C13H19N2O3PS/c1-12(16)15(20-11-5-10-19(18)14-17)9-8-13-6-3-2-4-7-13/h2-4,6-7,17H,5,8-11H2,1H3. The Kier molecular flexibility index (Phi) is 8.46. The molecule has 1 rings (SSSR count). The first-order chi connectivity index (χ1) is 9.63. The average Bonchev–Trinajstić information content (AvgIpc) is 2.46. The third kappa shape index (κ3) is 7.01. The van der Waals surface area contributed by atoms with E-state index in [0.29, 0.717) is 24.9 Å². The molecule has 0 heterocycles. The Morgan fingerprint density at radius 2 is 2.15 bits per heavy atom. The summed E-state index contributed by atoms with van der Waals surface area (Å²) >= 11 is 1.43. The van der Waals surface area contributed by atoms with Crippen molar-refractivity contribution in [3.8, 4) is 0 Å². The van der Waals surface area contributed by atoms with Crippen molar-refractivity contribution < 1.29 is 14.9 Å². The zero-order valence-corrected chi connectivity index (χ0v) is 13.1. The van der Waals surface area contributed by atoms with Crippen LogP contribution in [0.2, 0.25) is 0 Å². The van der Waals surface area contributed by atoms with Gasteiger partial charge in [-0.05, 0) is 23.9 Å². The summed E-state index contributed by atoms with van der Waals surface area (Å²) in [5.41, 5.74) is 1.20. The maximum atomic E-state index is 11.5. The molecule has 0 radical (unpaired) electrons. The first-order valence-corrected chi connectivity index (χ1v) is 8.72. The van der Waals surface area contributed by atoms with E-state index in [1.807, 2.05) is 30.3 Å². The molecule has 0 aliphatic rings. The number of benzene rings is 1. The van der Waals surface area contributed by atoms with E-state index in [2.05, 4.69) is 4.91 Å². The molecule has 0 aliphatic carbocycles. The van der Waals surface area contributed by atoms with Gasteiger partial charge in [-0.2, -0.15) is 0 Å². The minimum Gasteiger partial charge on any atom is -0.610 e. The first-order valence-electron chi connectivity index (χ1n) is 6.38. The van der Waals surface area contributed by atoms with Crippen LogP contribution in [0.1, 0.15) is 18.9 Å². The van der Waals surface area contributed by atoms with Gasteiger partial charge < -0.3 is 4.89 Å². The molecule has 1 aromatic rings. The third-order valence-electron chi connectivity index (χ3n) is 2.64. The predicted molar refractivity (Wildman–Crippen MR) is 80.6 cm³/mol. The number of nitrogens with zero attached hydrogens (tertiary/aromatic N) is 2. The highest BCUT2D eigenvalue weighted by Crippen LogP contribution is 2.18. The van der Waals surface area contributed by atoms with Crippen molar-refractivity contribution in [3.63, 3.8) is 0 Å². The van der Waals surface area contributed by atoms with Crippen LogP contribution in [0.15, 0.2) is 35.2 Å². The van der Waals surface area contributed by atoms with Crippen molar-refractivity contribution in [1.82, 2.24) is 4.31 Å². The average molecular weight is 314 g/mol. The Bertz CT molecular complexity index is 443. The molecule has 5 nitrogen and oxygen atoms in total. The molecule has 1 N–H and O–H groups in total. The van der Waals surface area contributed by atoms with Crippen LogP contribution in [0, 0.1) is 0 Å². The highest BCUT2D eigenvalue weighted by Gasteiger charge is 2.10. The summed E-state index contributed by atoms with van der Waals surface area (Å²) in [7, 11) is -1.85. The zero-order valence-electron chi connectivity index (χ0n) is 11.4. The van der Waals surface area contributed by atoms with Crippen molar-refractivity contribution in [2.75, 3.05) is 18.5 Å². The van der Waals surface area contributed by atoms with E-state index >= 15 is 0 Å². The van der Waals surface area contributed by atoms with Gasteiger partial charge in [0.2, 0.25) is 13.8 Å². The van der Waals surface area contributed by atoms with Crippen LogP contribution in [-0.2, 0) is 11.2 Å². The number of carbonyl (C=O) groups excluding carboxylic acids is 1. The molecule has 1 aromatic carbocycles. The molecule has 1 unspecified atom stereocenters. The summed E-state index contributed by atoms with van der Waals surface area (Å²) in [5, 5.41) is 8.31. The van der Waals surface area contributed by atoms with Crippen molar-refractivity contribution in [1.29, 1.82) is 0 Å².